The van der Waals surface area contributed by atoms with Crippen LogP contribution >= 0.6 is 11.8 Å². The molecule has 1 aromatic heterocycles. The average molecular weight is 409 g/mol. The summed E-state index contributed by atoms with van der Waals surface area (Å²) in [6.45, 7) is 2.14. The van der Waals surface area contributed by atoms with Gasteiger partial charge in [-0.25, -0.2) is 0 Å². The van der Waals surface area contributed by atoms with Gasteiger partial charge in [-0.1, -0.05) is 43.3 Å². The number of hydrogen-bond acceptors (Lipinski definition) is 8. The second kappa shape index (κ2) is 8.44. The molecule has 0 fully saturated rings. The Morgan fingerprint density at radius 2 is 1.97 bits per heavy atom. The second-order valence-electron chi connectivity index (χ2n) is 6.49. The molecule has 3 aromatic rings. The number of fused-ring (bicyclic) bond motifs is 3. The number of anilines is 1. The number of nitro groups is 1. The van der Waals surface area contributed by atoms with E-state index >= 15 is 0 Å². The van der Waals surface area contributed by atoms with Crippen LogP contribution in [0.4, 0.5) is 11.4 Å². The highest BCUT2D eigenvalue weighted by Crippen LogP contribution is 2.39. The number of non-ortho nitro benzene ring substituents is 1. The van der Waals surface area contributed by atoms with Gasteiger partial charge >= 0.3 is 0 Å². The highest BCUT2D eigenvalue weighted by molar-refractivity contribution is 7.99. The van der Waals surface area contributed by atoms with Crippen LogP contribution in [0, 0.1) is 10.1 Å². The molecule has 2 aromatic carbocycles. The van der Waals surface area contributed by atoms with E-state index in [2.05, 4.69) is 27.4 Å². The lowest BCUT2D eigenvalue weighted by Gasteiger charge is -2.19. The number of thioether (sulfide) groups is 1. The van der Waals surface area contributed by atoms with Crippen LogP contribution in [0.2, 0.25) is 0 Å². The summed E-state index contributed by atoms with van der Waals surface area (Å²) in [5, 5.41) is 23.5. The van der Waals surface area contributed by atoms with Gasteiger partial charge in [0.05, 0.1) is 4.92 Å². The molecule has 0 saturated heterocycles. The number of nitrogens with one attached hydrogen (secondary N) is 1. The van der Waals surface area contributed by atoms with Crippen LogP contribution in [0.25, 0.3) is 11.3 Å². The smallest absolute Gasteiger partial charge is 0.269 e. The van der Waals surface area contributed by atoms with Crippen molar-refractivity contribution in [3.05, 3.63) is 64.2 Å². The summed E-state index contributed by atoms with van der Waals surface area (Å²) in [4.78, 5) is 15.1. The normalized spacial score (nSPS) is 14.7. The first kappa shape index (κ1) is 19.1. The Hall–Kier alpha value is -3.20. The van der Waals surface area contributed by atoms with Crippen LogP contribution in [-0.2, 0) is 0 Å². The fourth-order valence-electron chi connectivity index (χ4n) is 2.94. The first-order valence-corrected chi connectivity index (χ1v) is 10.3. The van der Waals surface area contributed by atoms with Gasteiger partial charge in [-0.05, 0) is 24.6 Å². The Morgan fingerprint density at radius 1 is 1.17 bits per heavy atom. The fourth-order valence-corrected chi connectivity index (χ4v) is 3.80. The second-order valence-corrected chi connectivity index (χ2v) is 7.55. The summed E-state index contributed by atoms with van der Waals surface area (Å²) >= 11 is 1.55. The lowest BCUT2D eigenvalue weighted by molar-refractivity contribution is -0.384. The van der Waals surface area contributed by atoms with Gasteiger partial charge in [-0.2, -0.15) is 4.98 Å². The first-order valence-electron chi connectivity index (χ1n) is 9.30. The van der Waals surface area contributed by atoms with Crippen LogP contribution in [0.3, 0.4) is 0 Å². The molecule has 9 heteroatoms. The van der Waals surface area contributed by atoms with Gasteiger partial charge < -0.3 is 10.1 Å². The molecule has 148 valence electrons. The number of benzene rings is 2. The molecule has 0 aliphatic carbocycles. The van der Waals surface area contributed by atoms with Crippen molar-refractivity contribution < 1.29 is 9.66 Å². The Kier molecular flexibility index (Phi) is 5.57. The van der Waals surface area contributed by atoms with E-state index in [0.29, 0.717) is 16.7 Å². The number of nitrogens with zero attached hydrogens (tertiary/aromatic N) is 4. The molecule has 0 spiro atoms. The lowest BCUT2D eigenvalue weighted by Crippen LogP contribution is -2.17. The maximum Gasteiger partial charge on any atom is 0.269 e. The van der Waals surface area contributed by atoms with Crippen molar-refractivity contribution in [1.82, 2.24) is 15.2 Å². The molecule has 0 radical (unpaired) electrons. The number of unbranched alkanes of at least 4 members (excludes halogenated alkanes) is 1. The van der Waals surface area contributed by atoms with Crippen LogP contribution in [0.1, 0.15) is 31.6 Å². The monoisotopic (exact) mass is 409 g/mol. The van der Waals surface area contributed by atoms with Crippen molar-refractivity contribution in [2.75, 3.05) is 11.1 Å². The molecule has 1 aliphatic rings. The minimum Gasteiger partial charge on any atom is -0.448 e. The number of aromatic nitrogens is 3. The van der Waals surface area contributed by atoms with E-state index in [9.17, 15) is 10.1 Å². The molecule has 2 heterocycles. The number of para-hydroxylation sites is 1. The summed E-state index contributed by atoms with van der Waals surface area (Å²) in [5.74, 6) is 1.30. The minimum atomic E-state index is -0.566. The molecule has 0 saturated carbocycles. The molecule has 0 bridgehead atoms. The summed E-state index contributed by atoms with van der Waals surface area (Å²) in [6, 6.07) is 14.0. The Balaban J connectivity index is 1.71. The predicted molar refractivity (Wildman–Crippen MR) is 111 cm³/mol. The molecule has 4 rings (SSSR count). The zero-order valence-corrected chi connectivity index (χ0v) is 16.6. The van der Waals surface area contributed by atoms with E-state index in [4.69, 9.17) is 4.74 Å². The van der Waals surface area contributed by atoms with Crippen molar-refractivity contribution in [3.8, 4) is 17.1 Å². The zero-order chi connectivity index (χ0) is 20.2. The molecule has 0 amide bonds. The van der Waals surface area contributed by atoms with Gasteiger partial charge in [0.15, 0.2) is 11.9 Å². The van der Waals surface area contributed by atoms with Crippen LogP contribution in [0.5, 0.6) is 5.88 Å². The van der Waals surface area contributed by atoms with Crippen molar-refractivity contribution in [1.29, 1.82) is 0 Å². The number of ether oxygens (including phenoxy) is 1. The van der Waals surface area contributed by atoms with Crippen molar-refractivity contribution in [2.24, 2.45) is 0 Å². The van der Waals surface area contributed by atoms with Crippen LogP contribution in [0.15, 0.2) is 53.7 Å². The summed E-state index contributed by atoms with van der Waals surface area (Å²) in [6.07, 6.45) is 1.60. The van der Waals surface area contributed by atoms with E-state index in [1.165, 1.54) is 12.1 Å². The Labute approximate surface area is 171 Å². The number of hydrogen-bond donors (Lipinski definition) is 1. The van der Waals surface area contributed by atoms with E-state index in [-0.39, 0.29) is 5.69 Å². The molecule has 29 heavy (non-hydrogen) atoms. The van der Waals surface area contributed by atoms with Crippen molar-refractivity contribution in [2.45, 2.75) is 31.1 Å². The van der Waals surface area contributed by atoms with E-state index in [0.717, 1.165) is 35.4 Å². The molecule has 1 atom stereocenters. The SMILES string of the molecule is CCCCSc1nnc2c(n1)O[C@H](c1ccc([N+](=O)[O-])cc1)Nc1ccccc1-2. The van der Waals surface area contributed by atoms with Crippen LogP contribution < -0.4 is 10.1 Å². The zero-order valence-electron chi connectivity index (χ0n) is 15.7. The average Bonchev–Trinajstić information content (AvgIpc) is 2.90. The number of nitro benzene ring substituents is 1. The quantitative estimate of drug-likeness (QED) is 0.267. The van der Waals surface area contributed by atoms with Gasteiger partial charge in [-0.15, -0.1) is 10.2 Å². The molecular weight excluding hydrogens is 390 g/mol. The van der Waals surface area contributed by atoms with Gasteiger partial charge in [0.2, 0.25) is 11.0 Å². The third kappa shape index (κ3) is 4.14. The highest BCUT2D eigenvalue weighted by Gasteiger charge is 2.26. The molecule has 1 N–H and O–H groups in total. The maximum atomic E-state index is 10.9. The van der Waals surface area contributed by atoms with Crippen molar-refractivity contribution in [3.63, 3.8) is 0 Å². The minimum absolute atomic E-state index is 0.0294. The molecule has 8 nitrogen and oxygen atoms in total. The maximum absolute atomic E-state index is 10.9. The predicted octanol–water partition coefficient (Wildman–Crippen LogP) is 4.84. The van der Waals surface area contributed by atoms with Gasteiger partial charge in [0.1, 0.15) is 0 Å². The third-order valence-corrected chi connectivity index (χ3v) is 5.39. The standard InChI is InChI=1S/C20H19N5O3S/c1-2-3-12-29-20-22-19-17(23-24-20)15-6-4-5-7-16(15)21-18(28-19)13-8-10-14(11-9-13)25(26)27/h4-11,18,21H,2-3,12H2,1H3/t18-/m1/s1. The highest BCUT2D eigenvalue weighted by atomic mass is 32.2. The van der Waals surface area contributed by atoms with Gasteiger partial charge in [0.25, 0.3) is 5.69 Å². The summed E-state index contributed by atoms with van der Waals surface area (Å²) in [7, 11) is 0. The largest absolute Gasteiger partial charge is 0.448 e. The Morgan fingerprint density at radius 3 is 2.72 bits per heavy atom. The van der Waals surface area contributed by atoms with E-state index < -0.39 is 11.2 Å². The van der Waals surface area contributed by atoms with Gasteiger partial charge in [-0.3, -0.25) is 10.1 Å². The number of rotatable bonds is 6. The Bertz CT molecular complexity index is 1030. The molecule has 1 aliphatic heterocycles. The molecule has 0 unspecified atom stereocenters. The van der Waals surface area contributed by atoms with E-state index in [1.807, 2.05) is 24.3 Å². The summed E-state index contributed by atoms with van der Waals surface area (Å²) in [5.41, 5.74) is 3.02. The first-order chi connectivity index (χ1) is 14.2. The third-order valence-electron chi connectivity index (χ3n) is 4.47. The lowest BCUT2D eigenvalue weighted by atomic mass is 10.1. The van der Waals surface area contributed by atoms with Crippen molar-refractivity contribution >= 4 is 23.1 Å². The topological polar surface area (TPSA) is 103 Å². The molecular formula is C20H19N5O3S. The summed E-state index contributed by atoms with van der Waals surface area (Å²) < 4.78 is 6.16. The van der Waals surface area contributed by atoms with Gasteiger partial charge in [0, 0.05) is 34.7 Å². The fraction of sp³-hybridized carbons (Fsp3) is 0.250. The van der Waals surface area contributed by atoms with E-state index in [1.54, 1.807) is 23.9 Å². The van der Waals surface area contributed by atoms with Crippen LogP contribution in [-0.4, -0.2) is 25.9 Å².